The first-order chi connectivity index (χ1) is 17.8. The standard InChI is InChI=1S/C33H34F2N2/c1-6-9-12-24(8-3)23(5)37-32(21-26-17-18-28(36)19-25(26)11-7-2)30-20-27(16-15-22(30)4)29-13-10-14-31(34)33(29)35/h6,8-10,12-20H,3,5,7,11,21,36H2,1-2,4H3/b9-6-,24-12+,37-32?. The highest BCUT2D eigenvalue weighted by atomic mass is 19.2. The minimum atomic E-state index is -0.877. The van der Waals surface area contributed by atoms with Crippen molar-refractivity contribution in [3.05, 3.63) is 137 Å². The lowest BCUT2D eigenvalue weighted by atomic mass is 9.91. The average Bonchev–Trinajstić information content (AvgIpc) is 2.88. The molecule has 0 radical (unpaired) electrons. The van der Waals surface area contributed by atoms with Gasteiger partial charge in [0.1, 0.15) is 0 Å². The van der Waals surface area contributed by atoms with E-state index in [2.05, 4.69) is 20.1 Å². The molecule has 190 valence electrons. The van der Waals surface area contributed by atoms with E-state index in [0.29, 0.717) is 17.7 Å². The number of nitrogens with two attached hydrogens (primary N) is 1. The molecule has 0 saturated carbocycles. The third kappa shape index (κ3) is 6.79. The van der Waals surface area contributed by atoms with E-state index >= 15 is 0 Å². The lowest BCUT2D eigenvalue weighted by Crippen LogP contribution is -2.11. The van der Waals surface area contributed by atoms with Crippen LogP contribution < -0.4 is 5.73 Å². The van der Waals surface area contributed by atoms with Crippen molar-refractivity contribution >= 4 is 11.4 Å². The summed E-state index contributed by atoms with van der Waals surface area (Å²) >= 11 is 0. The van der Waals surface area contributed by atoms with Crippen LogP contribution in [-0.4, -0.2) is 5.71 Å². The number of halogens is 2. The Bertz CT molecular complexity index is 1390. The average molecular weight is 497 g/mol. The van der Waals surface area contributed by atoms with E-state index in [4.69, 9.17) is 10.7 Å². The molecule has 2 nitrogen and oxygen atoms in total. The number of allylic oxidation sites excluding steroid dienone is 4. The Balaban J connectivity index is 2.20. The van der Waals surface area contributed by atoms with Crippen LogP contribution in [0.2, 0.25) is 0 Å². The number of nitrogens with zero attached hydrogens (tertiary/aromatic N) is 1. The van der Waals surface area contributed by atoms with E-state index in [0.717, 1.165) is 52.6 Å². The third-order valence-electron chi connectivity index (χ3n) is 6.21. The van der Waals surface area contributed by atoms with Gasteiger partial charge in [-0.2, -0.15) is 0 Å². The van der Waals surface area contributed by atoms with E-state index in [1.54, 1.807) is 18.2 Å². The molecule has 0 aromatic heterocycles. The van der Waals surface area contributed by atoms with Crippen molar-refractivity contribution in [2.24, 2.45) is 4.99 Å². The smallest absolute Gasteiger partial charge is 0.166 e. The first-order valence-electron chi connectivity index (χ1n) is 12.4. The first-order valence-corrected chi connectivity index (χ1v) is 12.4. The zero-order chi connectivity index (χ0) is 26.9. The topological polar surface area (TPSA) is 38.4 Å². The van der Waals surface area contributed by atoms with Gasteiger partial charge < -0.3 is 5.73 Å². The van der Waals surface area contributed by atoms with Crippen LogP contribution in [0.15, 0.2) is 108 Å². The lowest BCUT2D eigenvalue weighted by molar-refractivity contribution is 0.511. The Morgan fingerprint density at radius 1 is 1.05 bits per heavy atom. The van der Waals surface area contributed by atoms with Crippen LogP contribution in [0.4, 0.5) is 14.5 Å². The molecule has 0 unspecified atom stereocenters. The number of benzene rings is 3. The van der Waals surface area contributed by atoms with E-state index in [-0.39, 0.29) is 5.56 Å². The highest BCUT2D eigenvalue weighted by molar-refractivity contribution is 6.05. The van der Waals surface area contributed by atoms with E-state index < -0.39 is 11.6 Å². The minimum absolute atomic E-state index is 0.207. The predicted molar refractivity (Wildman–Crippen MR) is 154 cm³/mol. The summed E-state index contributed by atoms with van der Waals surface area (Å²) in [5, 5.41) is 0. The molecular weight excluding hydrogens is 462 g/mol. The maximum atomic E-state index is 14.7. The normalized spacial score (nSPS) is 12.2. The number of hydrogen-bond donors (Lipinski definition) is 1. The highest BCUT2D eigenvalue weighted by Gasteiger charge is 2.16. The van der Waals surface area contributed by atoms with Gasteiger partial charge in [-0.25, -0.2) is 8.78 Å². The van der Waals surface area contributed by atoms with Crippen LogP contribution in [-0.2, 0) is 12.8 Å². The van der Waals surface area contributed by atoms with Gasteiger partial charge in [-0.05, 0) is 77.9 Å². The van der Waals surface area contributed by atoms with E-state index in [1.165, 1.54) is 11.6 Å². The van der Waals surface area contributed by atoms with Crippen molar-refractivity contribution in [3.63, 3.8) is 0 Å². The molecule has 3 aromatic rings. The van der Waals surface area contributed by atoms with Gasteiger partial charge in [0, 0.05) is 17.7 Å². The van der Waals surface area contributed by atoms with Crippen LogP contribution >= 0.6 is 0 Å². The largest absolute Gasteiger partial charge is 0.399 e. The summed E-state index contributed by atoms with van der Waals surface area (Å²) in [6.45, 7) is 14.2. The quantitative estimate of drug-likeness (QED) is 0.170. The second-order valence-corrected chi connectivity index (χ2v) is 8.94. The van der Waals surface area contributed by atoms with Crippen LogP contribution in [0, 0.1) is 18.6 Å². The number of hydrogen-bond acceptors (Lipinski definition) is 2. The number of nitrogen functional groups attached to an aromatic ring is 1. The van der Waals surface area contributed by atoms with Crippen LogP contribution in [0.1, 0.15) is 42.5 Å². The maximum Gasteiger partial charge on any atom is 0.166 e. The van der Waals surface area contributed by atoms with Gasteiger partial charge in [0.05, 0.1) is 11.4 Å². The molecule has 0 atom stereocenters. The SMILES string of the molecule is C=C/C(=C\C=C/C)C(=C)N=C(Cc1ccc(N)cc1CCC)c1cc(-c2cccc(F)c2F)ccc1C. The molecule has 0 aliphatic carbocycles. The number of aliphatic imine (C=N–C) groups is 1. The maximum absolute atomic E-state index is 14.7. The van der Waals surface area contributed by atoms with Crippen LogP contribution in [0.25, 0.3) is 11.1 Å². The molecule has 0 amide bonds. The molecule has 0 spiro atoms. The summed E-state index contributed by atoms with van der Waals surface area (Å²) in [7, 11) is 0. The third-order valence-corrected chi connectivity index (χ3v) is 6.21. The Morgan fingerprint density at radius 3 is 2.54 bits per heavy atom. The minimum Gasteiger partial charge on any atom is -0.399 e. The van der Waals surface area contributed by atoms with Gasteiger partial charge in [-0.1, -0.05) is 81.1 Å². The van der Waals surface area contributed by atoms with Crippen molar-refractivity contribution in [2.45, 2.75) is 40.0 Å². The zero-order valence-corrected chi connectivity index (χ0v) is 21.8. The fraction of sp³-hybridized carbons (Fsp3) is 0.182. The summed E-state index contributed by atoms with van der Waals surface area (Å²) in [6, 6.07) is 15.7. The van der Waals surface area contributed by atoms with Crippen molar-refractivity contribution in [2.75, 3.05) is 5.73 Å². The molecular formula is C33H34F2N2. The Morgan fingerprint density at radius 2 is 1.84 bits per heavy atom. The molecule has 0 fully saturated rings. The van der Waals surface area contributed by atoms with Crippen LogP contribution in [0.3, 0.4) is 0 Å². The number of rotatable bonds is 10. The second kappa shape index (κ2) is 12.8. The van der Waals surface area contributed by atoms with Crippen molar-refractivity contribution in [1.82, 2.24) is 0 Å². The van der Waals surface area contributed by atoms with Gasteiger partial charge in [-0.15, -0.1) is 0 Å². The monoisotopic (exact) mass is 496 g/mol. The van der Waals surface area contributed by atoms with E-state index in [9.17, 15) is 8.78 Å². The molecule has 0 bridgehead atoms. The molecule has 4 heteroatoms. The van der Waals surface area contributed by atoms with Gasteiger partial charge in [0.15, 0.2) is 11.6 Å². The molecule has 3 aromatic carbocycles. The molecule has 0 aliphatic heterocycles. The lowest BCUT2D eigenvalue weighted by Gasteiger charge is -2.16. The summed E-state index contributed by atoms with van der Waals surface area (Å²) in [5.74, 6) is -1.75. The molecule has 37 heavy (non-hydrogen) atoms. The Kier molecular flexibility index (Phi) is 9.51. The Labute approximate surface area is 219 Å². The molecule has 2 N–H and O–H groups in total. The van der Waals surface area contributed by atoms with Gasteiger partial charge in [-0.3, -0.25) is 4.99 Å². The Hall–Kier alpha value is -4.05. The molecule has 0 heterocycles. The first kappa shape index (κ1) is 27.5. The summed E-state index contributed by atoms with van der Waals surface area (Å²) in [6.07, 6.45) is 9.87. The fourth-order valence-corrected chi connectivity index (χ4v) is 4.23. The van der Waals surface area contributed by atoms with Gasteiger partial charge in [0.25, 0.3) is 0 Å². The molecule has 0 aliphatic rings. The summed E-state index contributed by atoms with van der Waals surface area (Å²) in [5.41, 5.74) is 13.8. The molecule has 3 rings (SSSR count). The van der Waals surface area contributed by atoms with Crippen molar-refractivity contribution in [3.8, 4) is 11.1 Å². The summed E-state index contributed by atoms with van der Waals surface area (Å²) < 4.78 is 28.7. The van der Waals surface area contributed by atoms with Gasteiger partial charge >= 0.3 is 0 Å². The predicted octanol–water partition coefficient (Wildman–Crippen LogP) is 8.71. The fourth-order valence-electron chi connectivity index (χ4n) is 4.23. The second-order valence-electron chi connectivity index (χ2n) is 8.94. The highest BCUT2D eigenvalue weighted by Crippen LogP contribution is 2.29. The van der Waals surface area contributed by atoms with Crippen molar-refractivity contribution in [1.29, 1.82) is 0 Å². The summed E-state index contributed by atoms with van der Waals surface area (Å²) in [4.78, 5) is 4.98. The van der Waals surface area contributed by atoms with E-state index in [1.807, 2.05) is 62.4 Å². The van der Waals surface area contributed by atoms with Crippen molar-refractivity contribution < 1.29 is 8.78 Å². The van der Waals surface area contributed by atoms with Gasteiger partial charge in [0.2, 0.25) is 0 Å². The van der Waals surface area contributed by atoms with Crippen LogP contribution in [0.5, 0.6) is 0 Å². The number of aryl methyl sites for hydroxylation is 2. The number of anilines is 1. The molecule has 0 saturated heterocycles. The zero-order valence-electron chi connectivity index (χ0n) is 21.8.